The molecule has 0 aromatic heterocycles. The monoisotopic (exact) mass is 190 g/mol. The Bertz CT molecular complexity index is 263. The third-order valence-corrected chi connectivity index (χ3v) is 1.71. The topological polar surface area (TPSA) is 20.2 Å². The van der Waals surface area contributed by atoms with Gasteiger partial charge in [-0.05, 0) is 23.5 Å². The zero-order valence-corrected chi connectivity index (χ0v) is 7.96. The third kappa shape index (κ3) is 4.53. The van der Waals surface area contributed by atoms with Gasteiger partial charge in [-0.3, -0.25) is 0 Å². The largest absolute Gasteiger partial charge is 0.508 e. The smallest absolute Gasteiger partial charge is 0.316 e. The molecule has 0 atom stereocenters. The van der Waals surface area contributed by atoms with Crippen LogP contribution in [0.3, 0.4) is 0 Å². The lowest BCUT2D eigenvalue weighted by Gasteiger charge is -2.18. The zero-order valence-electron chi connectivity index (χ0n) is 7.96. The Hall–Kier alpha value is -0.214. The molecule has 0 bridgehead atoms. The van der Waals surface area contributed by atoms with E-state index in [1.165, 1.54) is 0 Å². The van der Waals surface area contributed by atoms with Crippen LogP contribution in [0.2, 0.25) is 0 Å². The first-order valence-electron chi connectivity index (χ1n) is 4.26. The Balaban J connectivity index is 0.00000144. The molecule has 0 heterocycles. The molecule has 0 fully saturated rings. The summed E-state index contributed by atoms with van der Waals surface area (Å²) in [6.07, 6.45) is 0.916. The van der Waals surface area contributed by atoms with Crippen molar-refractivity contribution in [3.05, 3.63) is 29.8 Å². The summed E-state index contributed by atoms with van der Waals surface area (Å²) in [7, 11) is 0. The molecule has 70 valence electrons. The van der Waals surface area contributed by atoms with Crippen molar-refractivity contribution in [2.45, 2.75) is 27.2 Å². The maximum Gasteiger partial charge on any atom is 0.316 e. The molecule has 1 rings (SSSR count). The standard InChI is InChI=1S/C11H16O.Mg.2H/c1-11(2,3)8-9-6-4-5-7-10(9)12;;;/h4-7,12H,8H2,1-3H3;;;. The van der Waals surface area contributed by atoms with Crippen LogP contribution < -0.4 is 0 Å². The van der Waals surface area contributed by atoms with Crippen LogP contribution in [0.25, 0.3) is 0 Å². The number of benzene rings is 1. The maximum atomic E-state index is 9.47. The Morgan fingerprint density at radius 3 is 2.15 bits per heavy atom. The quantitative estimate of drug-likeness (QED) is 0.673. The van der Waals surface area contributed by atoms with Crippen molar-refractivity contribution in [3.63, 3.8) is 0 Å². The second-order valence-electron chi connectivity index (χ2n) is 4.37. The Morgan fingerprint density at radius 1 is 1.15 bits per heavy atom. The van der Waals surface area contributed by atoms with Gasteiger partial charge in [-0.15, -0.1) is 0 Å². The van der Waals surface area contributed by atoms with Crippen molar-refractivity contribution < 1.29 is 5.11 Å². The minimum absolute atomic E-state index is 0. The zero-order chi connectivity index (χ0) is 9.19. The highest BCUT2D eigenvalue weighted by molar-refractivity contribution is 5.75. The van der Waals surface area contributed by atoms with Crippen LogP contribution in [-0.4, -0.2) is 28.2 Å². The number of para-hydroxylation sites is 1. The van der Waals surface area contributed by atoms with Crippen LogP contribution in [0.15, 0.2) is 24.3 Å². The van der Waals surface area contributed by atoms with Crippen LogP contribution in [0, 0.1) is 5.41 Å². The Labute approximate surface area is 96.3 Å². The lowest BCUT2D eigenvalue weighted by Crippen LogP contribution is -2.08. The van der Waals surface area contributed by atoms with Crippen molar-refractivity contribution in [1.29, 1.82) is 0 Å². The molecule has 0 aliphatic rings. The van der Waals surface area contributed by atoms with Crippen LogP contribution in [0.1, 0.15) is 26.3 Å². The van der Waals surface area contributed by atoms with E-state index in [-0.39, 0.29) is 28.5 Å². The van der Waals surface area contributed by atoms with Crippen molar-refractivity contribution in [3.8, 4) is 5.75 Å². The van der Waals surface area contributed by atoms with Gasteiger partial charge in [0.15, 0.2) is 0 Å². The predicted molar refractivity (Wildman–Crippen MR) is 59.8 cm³/mol. The molecule has 0 spiro atoms. The fourth-order valence-corrected chi connectivity index (χ4v) is 1.23. The van der Waals surface area contributed by atoms with E-state index in [9.17, 15) is 5.11 Å². The van der Waals surface area contributed by atoms with Crippen molar-refractivity contribution in [2.24, 2.45) is 5.41 Å². The normalized spacial score (nSPS) is 10.7. The summed E-state index contributed by atoms with van der Waals surface area (Å²) in [4.78, 5) is 0. The molecule has 0 aliphatic heterocycles. The summed E-state index contributed by atoms with van der Waals surface area (Å²) in [6, 6.07) is 7.52. The van der Waals surface area contributed by atoms with Crippen molar-refractivity contribution in [2.75, 3.05) is 0 Å². The van der Waals surface area contributed by atoms with E-state index >= 15 is 0 Å². The maximum absolute atomic E-state index is 9.47. The molecule has 0 aliphatic carbocycles. The van der Waals surface area contributed by atoms with Gasteiger partial charge in [0, 0.05) is 0 Å². The second kappa shape index (κ2) is 4.87. The molecule has 0 radical (unpaired) electrons. The summed E-state index contributed by atoms with van der Waals surface area (Å²) >= 11 is 0. The minimum Gasteiger partial charge on any atom is -0.508 e. The van der Waals surface area contributed by atoms with Crippen LogP contribution >= 0.6 is 0 Å². The second-order valence-corrected chi connectivity index (χ2v) is 4.37. The van der Waals surface area contributed by atoms with Gasteiger partial charge < -0.3 is 5.11 Å². The van der Waals surface area contributed by atoms with Crippen LogP contribution in [-0.2, 0) is 6.42 Å². The first-order valence-corrected chi connectivity index (χ1v) is 4.26. The first-order chi connectivity index (χ1) is 5.49. The highest BCUT2D eigenvalue weighted by Gasteiger charge is 2.12. The average molecular weight is 191 g/mol. The Morgan fingerprint density at radius 2 is 1.69 bits per heavy atom. The van der Waals surface area contributed by atoms with Gasteiger partial charge in [-0.25, -0.2) is 0 Å². The summed E-state index contributed by atoms with van der Waals surface area (Å²) in [5, 5.41) is 9.47. The predicted octanol–water partition coefficient (Wildman–Crippen LogP) is 2.06. The van der Waals surface area contributed by atoms with Crippen molar-refractivity contribution in [1.82, 2.24) is 0 Å². The van der Waals surface area contributed by atoms with E-state index in [0.29, 0.717) is 5.75 Å². The highest BCUT2D eigenvalue weighted by atomic mass is 24.3. The molecular weight excluding hydrogens is 172 g/mol. The molecule has 1 aromatic carbocycles. The van der Waals surface area contributed by atoms with E-state index in [2.05, 4.69) is 20.8 Å². The third-order valence-electron chi connectivity index (χ3n) is 1.71. The number of hydrogen-bond donors (Lipinski definition) is 1. The average Bonchev–Trinajstić information content (AvgIpc) is 1.91. The first kappa shape index (κ1) is 12.8. The molecule has 1 nitrogen and oxygen atoms in total. The van der Waals surface area contributed by atoms with E-state index in [0.717, 1.165) is 12.0 Å². The van der Waals surface area contributed by atoms with Gasteiger partial charge in [0.05, 0.1) is 0 Å². The molecule has 0 saturated heterocycles. The number of phenols is 1. The van der Waals surface area contributed by atoms with E-state index in [1.54, 1.807) is 6.07 Å². The number of hydrogen-bond acceptors (Lipinski definition) is 1. The van der Waals surface area contributed by atoms with Gasteiger partial charge in [0.2, 0.25) is 0 Å². The minimum atomic E-state index is 0. The molecule has 1 aromatic rings. The SMILES string of the molecule is CC(C)(C)Cc1ccccc1O.[MgH2]. The molecule has 0 saturated carbocycles. The molecule has 13 heavy (non-hydrogen) atoms. The van der Waals surface area contributed by atoms with Gasteiger partial charge in [-0.1, -0.05) is 39.0 Å². The molecule has 1 N–H and O–H groups in total. The highest BCUT2D eigenvalue weighted by Crippen LogP contribution is 2.25. The van der Waals surface area contributed by atoms with Crippen LogP contribution in [0.4, 0.5) is 0 Å². The lowest BCUT2D eigenvalue weighted by molar-refractivity contribution is 0.395. The fourth-order valence-electron chi connectivity index (χ4n) is 1.23. The van der Waals surface area contributed by atoms with Gasteiger partial charge in [-0.2, -0.15) is 0 Å². The summed E-state index contributed by atoms with van der Waals surface area (Å²) in [5.41, 5.74) is 1.27. The van der Waals surface area contributed by atoms with Crippen molar-refractivity contribution >= 4 is 23.1 Å². The molecular formula is C11H18MgO. The number of aromatic hydroxyl groups is 1. The van der Waals surface area contributed by atoms with E-state index in [1.807, 2.05) is 18.2 Å². The summed E-state index contributed by atoms with van der Waals surface area (Å²) < 4.78 is 0. The van der Waals surface area contributed by atoms with Crippen LogP contribution in [0.5, 0.6) is 5.75 Å². The summed E-state index contributed by atoms with van der Waals surface area (Å²) in [6.45, 7) is 6.50. The van der Waals surface area contributed by atoms with Gasteiger partial charge in [0.1, 0.15) is 5.75 Å². The lowest BCUT2D eigenvalue weighted by atomic mass is 9.88. The van der Waals surface area contributed by atoms with E-state index < -0.39 is 0 Å². The molecule has 0 amide bonds. The van der Waals surface area contributed by atoms with Gasteiger partial charge in [0.25, 0.3) is 0 Å². The summed E-state index contributed by atoms with van der Waals surface area (Å²) in [5.74, 6) is 0.410. The Kier molecular flexibility index (Phi) is 4.79. The number of phenolic OH excluding ortho intramolecular Hbond substituents is 1. The molecule has 2 heteroatoms. The van der Waals surface area contributed by atoms with E-state index in [4.69, 9.17) is 0 Å². The van der Waals surface area contributed by atoms with Gasteiger partial charge >= 0.3 is 23.1 Å². The molecule has 0 unspecified atom stereocenters. The fraction of sp³-hybridized carbons (Fsp3) is 0.455. The number of rotatable bonds is 1.